The van der Waals surface area contributed by atoms with Crippen LogP contribution in [-0.2, 0) is 0 Å². The molecule has 0 radical (unpaired) electrons. The Morgan fingerprint density at radius 2 is 1.61 bits per heavy atom. The third kappa shape index (κ3) is 8.60. The fourth-order valence-corrected chi connectivity index (χ4v) is 2.20. The largest absolute Gasteiger partial charge is 0.319 e. The summed E-state index contributed by atoms with van der Waals surface area (Å²) in [6.45, 7) is 7.30. The molecule has 1 aromatic carbocycles. The molecule has 18 heavy (non-hydrogen) atoms. The van der Waals surface area contributed by atoms with Crippen LogP contribution in [0.1, 0.15) is 45.1 Å². The molecule has 0 spiro atoms. The van der Waals surface area contributed by atoms with Crippen molar-refractivity contribution >= 4 is 12.6 Å². The fourth-order valence-electron chi connectivity index (χ4n) is 2.05. The van der Waals surface area contributed by atoms with Crippen LogP contribution >= 0.6 is 12.6 Å². The van der Waals surface area contributed by atoms with Gasteiger partial charge in [0.25, 0.3) is 0 Å². The third-order valence-corrected chi connectivity index (χ3v) is 3.30. The summed E-state index contributed by atoms with van der Waals surface area (Å²) in [4.78, 5) is 1.02. The van der Waals surface area contributed by atoms with Gasteiger partial charge in [0.1, 0.15) is 0 Å². The molecule has 1 aliphatic carbocycles. The lowest BCUT2D eigenvalue weighted by Gasteiger charge is -2.04. The quantitative estimate of drug-likeness (QED) is 0.740. The third-order valence-electron chi connectivity index (χ3n) is 3.00. The average Bonchev–Trinajstić information content (AvgIpc) is 2.90. The van der Waals surface area contributed by atoms with E-state index < -0.39 is 0 Å². The first kappa shape index (κ1) is 17.5. The molecule has 0 heterocycles. The van der Waals surface area contributed by atoms with Crippen molar-refractivity contribution in [1.82, 2.24) is 5.32 Å². The van der Waals surface area contributed by atoms with E-state index in [2.05, 4.69) is 24.9 Å². The molecule has 1 nitrogen and oxygen atoms in total. The van der Waals surface area contributed by atoms with E-state index in [-0.39, 0.29) is 0 Å². The van der Waals surface area contributed by atoms with Crippen molar-refractivity contribution in [3.63, 3.8) is 0 Å². The summed E-state index contributed by atoms with van der Waals surface area (Å²) in [7, 11) is 2.04. The zero-order valence-corrected chi connectivity index (χ0v) is 13.3. The van der Waals surface area contributed by atoms with Gasteiger partial charge >= 0.3 is 0 Å². The van der Waals surface area contributed by atoms with Crippen LogP contribution in [0.25, 0.3) is 0 Å². The highest BCUT2D eigenvalue weighted by Crippen LogP contribution is 2.23. The van der Waals surface area contributed by atoms with Gasteiger partial charge in [0.2, 0.25) is 0 Å². The lowest BCUT2D eigenvalue weighted by atomic mass is 10.1. The Bertz CT molecular complexity index is 255. The Morgan fingerprint density at radius 3 is 2.00 bits per heavy atom. The molecule has 2 heteroatoms. The predicted molar refractivity (Wildman–Crippen MR) is 85.7 cm³/mol. The van der Waals surface area contributed by atoms with Crippen molar-refractivity contribution in [1.29, 1.82) is 0 Å². The maximum atomic E-state index is 4.13. The van der Waals surface area contributed by atoms with Gasteiger partial charge in [-0.15, -0.1) is 12.6 Å². The summed E-state index contributed by atoms with van der Waals surface area (Å²) in [5.74, 6) is 1.000. The van der Waals surface area contributed by atoms with Crippen LogP contribution in [0, 0.1) is 12.8 Å². The van der Waals surface area contributed by atoms with Gasteiger partial charge in [-0.05, 0) is 51.4 Å². The maximum absolute atomic E-state index is 4.13. The molecule has 1 saturated carbocycles. The summed E-state index contributed by atoms with van der Waals surface area (Å²) in [6.07, 6.45) is 5.85. The number of nitrogens with one attached hydrogen (secondary N) is 1. The molecule has 0 atom stereocenters. The van der Waals surface area contributed by atoms with E-state index in [9.17, 15) is 0 Å². The molecule has 0 aliphatic heterocycles. The lowest BCUT2D eigenvalue weighted by molar-refractivity contribution is 0.516. The van der Waals surface area contributed by atoms with E-state index in [1.165, 1.54) is 37.8 Å². The second kappa shape index (κ2) is 11.6. The van der Waals surface area contributed by atoms with E-state index >= 15 is 0 Å². The molecule has 1 aliphatic rings. The van der Waals surface area contributed by atoms with Gasteiger partial charge in [0, 0.05) is 4.90 Å². The summed E-state index contributed by atoms with van der Waals surface area (Å²) in [5.41, 5.74) is 1.28. The topological polar surface area (TPSA) is 12.0 Å². The van der Waals surface area contributed by atoms with Crippen molar-refractivity contribution in [2.75, 3.05) is 13.6 Å². The second-order valence-corrected chi connectivity index (χ2v) is 5.06. The van der Waals surface area contributed by atoms with Crippen LogP contribution < -0.4 is 5.32 Å². The zero-order valence-electron chi connectivity index (χ0n) is 12.4. The van der Waals surface area contributed by atoms with Gasteiger partial charge in [-0.2, -0.15) is 0 Å². The number of hydrogen-bond donors (Lipinski definition) is 2. The molecule has 1 aromatic rings. The van der Waals surface area contributed by atoms with Gasteiger partial charge < -0.3 is 5.32 Å². The van der Waals surface area contributed by atoms with Gasteiger partial charge in [0.15, 0.2) is 0 Å². The lowest BCUT2D eigenvalue weighted by Crippen LogP contribution is -2.15. The van der Waals surface area contributed by atoms with E-state index in [0.717, 1.165) is 10.8 Å². The Morgan fingerprint density at radius 1 is 1.11 bits per heavy atom. The molecule has 0 aromatic heterocycles. The van der Waals surface area contributed by atoms with Crippen LogP contribution in [-0.4, -0.2) is 13.6 Å². The van der Waals surface area contributed by atoms with E-state index in [0.29, 0.717) is 0 Å². The van der Waals surface area contributed by atoms with E-state index in [1.54, 1.807) is 0 Å². The summed E-state index contributed by atoms with van der Waals surface area (Å²) in [6, 6.07) is 8.06. The highest BCUT2D eigenvalue weighted by molar-refractivity contribution is 7.80. The van der Waals surface area contributed by atoms with Crippen molar-refractivity contribution in [3.05, 3.63) is 29.8 Å². The highest BCUT2D eigenvalue weighted by atomic mass is 32.1. The Kier molecular flexibility index (Phi) is 11.3. The van der Waals surface area contributed by atoms with Crippen molar-refractivity contribution in [2.24, 2.45) is 5.92 Å². The SMILES string of the molecule is CC.CNCC1CCCC1.Cc1ccc(S)cc1. The molecule has 1 fully saturated rings. The molecule has 0 saturated heterocycles. The van der Waals surface area contributed by atoms with Crippen molar-refractivity contribution in [3.8, 4) is 0 Å². The number of hydrogen-bond acceptors (Lipinski definition) is 2. The first-order chi connectivity index (χ1) is 8.72. The number of rotatable bonds is 2. The molecule has 0 bridgehead atoms. The number of thiol groups is 1. The van der Waals surface area contributed by atoms with Crippen LogP contribution in [0.4, 0.5) is 0 Å². The summed E-state index contributed by atoms with van der Waals surface area (Å²) >= 11 is 4.13. The molecule has 2 rings (SSSR count). The highest BCUT2D eigenvalue weighted by Gasteiger charge is 2.12. The normalized spacial score (nSPS) is 14.3. The van der Waals surface area contributed by atoms with Gasteiger partial charge in [-0.3, -0.25) is 0 Å². The fraction of sp³-hybridized carbons (Fsp3) is 0.625. The van der Waals surface area contributed by atoms with Crippen LogP contribution in [0.3, 0.4) is 0 Å². The van der Waals surface area contributed by atoms with Gasteiger partial charge in [-0.1, -0.05) is 44.4 Å². The summed E-state index contributed by atoms with van der Waals surface area (Å²) in [5, 5.41) is 3.21. The summed E-state index contributed by atoms with van der Waals surface area (Å²) < 4.78 is 0. The molecule has 0 unspecified atom stereocenters. The molecule has 104 valence electrons. The average molecular weight is 267 g/mol. The second-order valence-electron chi connectivity index (χ2n) is 4.54. The molecule has 0 amide bonds. The number of benzene rings is 1. The molecule has 1 N–H and O–H groups in total. The van der Waals surface area contributed by atoms with Crippen molar-refractivity contribution < 1.29 is 0 Å². The van der Waals surface area contributed by atoms with E-state index in [1.807, 2.05) is 45.2 Å². The minimum absolute atomic E-state index is 1.000. The van der Waals surface area contributed by atoms with Gasteiger partial charge in [0.05, 0.1) is 0 Å². The first-order valence-corrected chi connectivity index (χ1v) is 7.57. The first-order valence-electron chi connectivity index (χ1n) is 7.12. The molecular formula is C16H29NS. The minimum Gasteiger partial charge on any atom is -0.319 e. The van der Waals surface area contributed by atoms with Gasteiger partial charge in [-0.25, -0.2) is 0 Å². The van der Waals surface area contributed by atoms with Crippen LogP contribution in [0.15, 0.2) is 29.2 Å². The predicted octanol–water partition coefficient (Wildman–Crippen LogP) is 4.71. The van der Waals surface area contributed by atoms with Crippen LogP contribution in [0.5, 0.6) is 0 Å². The Labute approximate surface area is 119 Å². The smallest absolute Gasteiger partial charge is 0.00401 e. The minimum atomic E-state index is 1.000. The number of aryl methyl sites for hydroxylation is 1. The van der Waals surface area contributed by atoms with E-state index in [4.69, 9.17) is 0 Å². The zero-order chi connectivity index (χ0) is 13.8. The van der Waals surface area contributed by atoms with Crippen molar-refractivity contribution in [2.45, 2.75) is 51.3 Å². The Balaban J connectivity index is 0.000000283. The standard InChI is InChI=1S/C7H15N.C7H8S.C2H6/c1-8-6-7-4-2-3-5-7;1-6-2-4-7(8)5-3-6;1-2/h7-8H,2-6H2,1H3;2-5,8H,1H3;1-2H3. The maximum Gasteiger partial charge on any atom is 0.00401 e. The monoisotopic (exact) mass is 267 g/mol. The molecular weight excluding hydrogens is 238 g/mol. The van der Waals surface area contributed by atoms with Crippen LogP contribution in [0.2, 0.25) is 0 Å². The Hall–Kier alpha value is -0.470.